The predicted molar refractivity (Wildman–Crippen MR) is 89.0 cm³/mol. The average molecular weight is 336 g/mol. The van der Waals surface area contributed by atoms with Gasteiger partial charge < -0.3 is 15.0 Å². The van der Waals surface area contributed by atoms with Crippen LogP contribution >= 0.6 is 12.4 Å². The van der Waals surface area contributed by atoms with Crippen LogP contribution < -0.4 is 10.5 Å². The molecule has 0 saturated heterocycles. The highest BCUT2D eigenvalue weighted by Crippen LogP contribution is 2.54. The summed E-state index contributed by atoms with van der Waals surface area (Å²) in [6.07, 6.45) is 5.08. The fourth-order valence-corrected chi connectivity index (χ4v) is 3.27. The van der Waals surface area contributed by atoms with Crippen molar-refractivity contribution in [1.29, 1.82) is 0 Å². The second-order valence-electron chi connectivity index (χ2n) is 6.70. The van der Waals surface area contributed by atoms with Crippen LogP contribution in [0.4, 0.5) is 0 Å². The largest absolute Gasteiger partial charge is 0.496 e. The maximum absolute atomic E-state index is 6.30. The molecule has 0 aliphatic heterocycles. The molecule has 0 bridgehead atoms. The summed E-state index contributed by atoms with van der Waals surface area (Å²) in [4.78, 5) is 4.65. The molecule has 4 rings (SSSR count). The molecular formula is C17H22ClN3O2. The van der Waals surface area contributed by atoms with Gasteiger partial charge in [0.15, 0.2) is 5.82 Å². The van der Waals surface area contributed by atoms with E-state index in [0.717, 1.165) is 43.4 Å². The van der Waals surface area contributed by atoms with E-state index >= 15 is 0 Å². The molecule has 23 heavy (non-hydrogen) atoms. The molecule has 0 spiro atoms. The third-order valence-corrected chi connectivity index (χ3v) is 5.24. The summed E-state index contributed by atoms with van der Waals surface area (Å²) in [5, 5.41) is 4.16. The zero-order valence-corrected chi connectivity index (χ0v) is 14.3. The number of halogens is 1. The molecule has 2 fully saturated rings. The maximum Gasteiger partial charge on any atom is 0.237 e. The van der Waals surface area contributed by atoms with Gasteiger partial charge in [0.1, 0.15) is 5.75 Å². The number of hydrogen-bond acceptors (Lipinski definition) is 5. The van der Waals surface area contributed by atoms with E-state index in [0.29, 0.717) is 11.7 Å². The van der Waals surface area contributed by atoms with Gasteiger partial charge in [0.05, 0.1) is 18.1 Å². The Labute approximate surface area is 142 Å². The molecule has 2 saturated carbocycles. The van der Waals surface area contributed by atoms with Crippen molar-refractivity contribution in [3.8, 4) is 5.75 Å². The number of aryl methyl sites for hydroxylation is 1. The molecule has 0 amide bonds. The summed E-state index contributed by atoms with van der Waals surface area (Å²) in [6.45, 7) is 2.04. The second kappa shape index (κ2) is 5.49. The van der Waals surface area contributed by atoms with Crippen LogP contribution in [0.2, 0.25) is 0 Å². The van der Waals surface area contributed by atoms with E-state index < -0.39 is 0 Å². The van der Waals surface area contributed by atoms with Gasteiger partial charge >= 0.3 is 0 Å². The first-order chi connectivity index (χ1) is 10.6. The van der Waals surface area contributed by atoms with Crippen LogP contribution in [0.1, 0.15) is 54.9 Å². The van der Waals surface area contributed by atoms with Gasteiger partial charge in [-0.25, -0.2) is 0 Å². The highest BCUT2D eigenvalue weighted by atomic mass is 35.5. The predicted octanol–water partition coefficient (Wildman–Crippen LogP) is 3.23. The molecule has 0 unspecified atom stereocenters. The van der Waals surface area contributed by atoms with Gasteiger partial charge in [0.25, 0.3) is 0 Å². The van der Waals surface area contributed by atoms with Crippen LogP contribution in [0.15, 0.2) is 22.7 Å². The molecule has 2 aliphatic rings. The minimum Gasteiger partial charge on any atom is -0.496 e. The normalized spacial score (nSPS) is 20.3. The van der Waals surface area contributed by atoms with E-state index in [1.807, 2.05) is 6.92 Å². The summed E-state index contributed by atoms with van der Waals surface area (Å²) in [5.74, 6) is 2.27. The van der Waals surface area contributed by atoms with E-state index in [-0.39, 0.29) is 23.4 Å². The second-order valence-corrected chi connectivity index (χ2v) is 6.70. The lowest BCUT2D eigenvalue weighted by Crippen LogP contribution is -2.44. The van der Waals surface area contributed by atoms with Crippen molar-refractivity contribution in [3.05, 3.63) is 41.0 Å². The summed E-state index contributed by atoms with van der Waals surface area (Å²) >= 11 is 0. The first kappa shape index (κ1) is 16.3. The molecule has 6 heteroatoms. The SMILES string of the molecule is COc1cc(C2(c3nc(C4(N)CCC4)no3)CC2)ccc1C.Cl. The Morgan fingerprint density at radius 3 is 2.52 bits per heavy atom. The van der Waals surface area contributed by atoms with Crippen LogP contribution in [0.5, 0.6) is 5.75 Å². The molecular weight excluding hydrogens is 314 g/mol. The van der Waals surface area contributed by atoms with Gasteiger partial charge in [-0.15, -0.1) is 12.4 Å². The van der Waals surface area contributed by atoms with E-state index in [1.165, 1.54) is 5.56 Å². The van der Waals surface area contributed by atoms with Crippen molar-refractivity contribution < 1.29 is 9.26 Å². The lowest BCUT2D eigenvalue weighted by molar-refractivity contribution is 0.228. The van der Waals surface area contributed by atoms with Crippen molar-refractivity contribution >= 4 is 12.4 Å². The topological polar surface area (TPSA) is 74.2 Å². The van der Waals surface area contributed by atoms with Crippen LogP contribution in [0, 0.1) is 6.92 Å². The Balaban J connectivity index is 0.00000156. The summed E-state index contributed by atoms with van der Waals surface area (Å²) in [7, 11) is 1.70. The molecule has 1 aromatic carbocycles. The number of rotatable bonds is 4. The lowest BCUT2D eigenvalue weighted by Gasteiger charge is -2.34. The van der Waals surface area contributed by atoms with Crippen molar-refractivity contribution in [1.82, 2.24) is 10.1 Å². The summed E-state index contributed by atoms with van der Waals surface area (Å²) in [6, 6.07) is 6.31. The van der Waals surface area contributed by atoms with E-state index in [1.54, 1.807) is 7.11 Å². The summed E-state index contributed by atoms with van der Waals surface area (Å²) in [5.41, 5.74) is 8.10. The monoisotopic (exact) mass is 335 g/mol. The third-order valence-electron chi connectivity index (χ3n) is 5.24. The highest BCUT2D eigenvalue weighted by molar-refractivity contribution is 5.85. The van der Waals surface area contributed by atoms with E-state index in [2.05, 4.69) is 28.3 Å². The van der Waals surface area contributed by atoms with Crippen LogP contribution in [0.25, 0.3) is 0 Å². The Morgan fingerprint density at radius 2 is 1.96 bits per heavy atom. The minimum atomic E-state index is -0.372. The molecule has 2 aromatic rings. The van der Waals surface area contributed by atoms with Gasteiger partial charge in [0, 0.05) is 0 Å². The van der Waals surface area contributed by atoms with Gasteiger partial charge in [-0.05, 0) is 56.2 Å². The minimum absolute atomic E-state index is 0. The van der Waals surface area contributed by atoms with Crippen LogP contribution in [-0.4, -0.2) is 17.3 Å². The van der Waals surface area contributed by atoms with E-state index in [9.17, 15) is 0 Å². The molecule has 5 nitrogen and oxygen atoms in total. The number of methoxy groups -OCH3 is 1. The standard InChI is InChI=1S/C17H21N3O2.ClH/c1-11-4-5-12(10-13(11)21-2)16(8-9-16)15-19-14(20-22-15)17(18)6-3-7-17;/h4-5,10H,3,6-9,18H2,1-2H3;1H. The number of nitrogens with two attached hydrogens (primary N) is 1. The van der Waals surface area contributed by atoms with Crippen molar-refractivity contribution in [2.45, 2.75) is 50.0 Å². The van der Waals surface area contributed by atoms with E-state index in [4.69, 9.17) is 15.0 Å². The smallest absolute Gasteiger partial charge is 0.237 e. The zero-order chi connectivity index (χ0) is 15.4. The first-order valence-electron chi connectivity index (χ1n) is 7.86. The number of nitrogens with zero attached hydrogens (tertiary/aromatic N) is 2. The molecule has 1 heterocycles. The third kappa shape index (κ3) is 2.42. The molecule has 124 valence electrons. The van der Waals surface area contributed by atoms with Crippen molar-refractivity contribution in [3.63, 3.8) is 0 Å². The first-order valence-corrected chi connectivity index (χ1v) is 7.86. The van der Waals surface area contributed by atoms with Crippen molar-refractivity contribution in [2.75, 3.05) is 7.11 Å². The molecule has 0 radical (unpaired) electrons. The highest BCUT2D eigenvalue weighted by Gasteiger charge is 2.52. The summed E-state index contributed by atoms with van der Waals surface area (Å²) < 4.78 is 11.0. The number of hydrogen-bond donors (Lipinski definition) is 1. The van der Waals surface area contributed by atoms with Gasteiger partial charge in [-0.3, -0.25) is 0 Å². The Morgan fingerprint density at radius 1 is 1.22 bits per heavy atom. The van der Waals surface area contributed by atoms with Crippen molar-refractivity contribution in [2.24, 2.45) is 5.73 Å². The average Bonchev–Trinajstić information content (AvgIpc) is 3.15. The Bertz CT molecular complexity index is 720. The van der Waals surface area contributed by atoms with Gasteiger partial charge in [-0.2, -0.15) is 4.98 Å². The number of ether oxygens (including phenoxy) is 1. The zero-order valence-electron chi connectivity index (χ0n) is 13.5. The molecule has 1 aromatic heterocycles. The van der Waals surface area contributed by atoms with Gasteiger partial charge in [-0.1, -0.05) is 17.3 Å². The Kier molecular flexibility index (Phi) is 3.89. The quantitative estimate of drug-likeness (QED) is 0.928. The number of aromatic nitrogens is 2. The molecule has 2 aliphatic carbocycles. The van der Waals surface area contributed by atoms with Gasteiger partial charge in [0.2, 0.25) is 5.89 Å². The van der Waals surface area contributed by atoms with Crippen LogP contribution in [-0.2, 0) is 11.0 Å². The number of benzene rings is 1. The fourth-order valence-electron chi connectivity index (χ4n) is 3.27. The van der Waals surface area contributed by atoms with Crippen LogP contribution in [0.3, 0.4) is 0 Å². The Hall–Kier alpha value is -1.59. The maximum atomic E-state index is 6.30. The molecule has 2 N–H and O–H groups in total. The lowest BCUT2D eigenvalue weighted by atomic mass is 9.77. The molecule has 0 atom stereocenters. The fraction of sp³-hybridized carbons (Fsp3) is 0.529.